The van der Waals surface area contributed by atoms with Gasteiger partial charge in [-0.05, 0) is 25.8 Å². The van der Waals surface area contributed by atoms with Gasteiger partial charge in [0, 0.05) is 24.6 Å². The summed E-state index contributed by atoms with van der Waals surface area (Å²) >= 11 is 1.61. The number of rotatable bonds is 6. The number of ether oxygens (including phenoxy) is 1. The number of para-hydroxylation sites is 1. The minimum Gasteiger partial charge on any atom is -0.496 e. The number of nitrogens with one attached hydrogen (secondary N) is 1. The first kappa shape index (κ1) is 16.2. The molecule has 124 valence electrons. The second-order valence-electron chi connectivity index (χ2n) is 6.00. The van der Waals surface area contributed by atoms with Crippen LogP contribution in [-0.2, 0) is 9.59 Å². The Morgan fingerprint density at radius 3 is 2.83 bits per heavy atom. The van der Waals surface area contributed by atoms with E-state index in [2.05, 4.69) is 5.32 Å². The summed E-state index contributed by atoms with van der Waals surface area (Å²) in [5, 5.41) is 2.78. The zero-order valence-corrected chi connectivity index (χ0v) is 14.3. The van der Waals surface area contributed by atoms with E-state index in [1.807, 2.05) is 31.2 Å². The van der Waals surface area contributed by atoms with Crippen LogP contribution >= 0.6 is 11.8 Å². The van der Waals surface area contributed by atoms with Gasteiger partial charge in [-0.1, -0.05) is 18.2 Å². The molecule has 2 amide bonds. The highest BCUT2D eigenvalue weighted by Gasteiger charge is 2.39. The Hall–Kier alpha value is -1.69. The molecule has 1 aromatic carbocycles. The highest BCUT2D eigenvalue weighted by molar-refractivity contribution is 8.01. The third kappa shape index (κ3) is 3.63. The van der Waals surface area contributed by atoms with Gasteiger partial charge in [0.25, 0.3) is 0 Å². The number of hydrogen-bond acceptors (Lipinski definition) is 4. The molecule has 2 atom stereocenters. The first-order valence-electron chi connectivity index (χ1n) is 7.98. The molecular weight excluding hydrogens is 312 g/mol. The summed E-state index contributed by atoms with van der Waals surface area (Å²) in [6.07, 6.45) is 2.50. The van der Waals surface area contributed by atoms with E-state index in [1.54, 1.807) is 23.8 Å². The van der Waals surface area contributed by atoms with E-state index in [1.165, 1.54) is 0 Å². The second-order valence-corrected chi connectivity index (χ2v) is 7.42. The smallest absolute Gasteiger partial charge is 0.236 e. The minimum absolute atomic E-state index is 0.0311. The largest absolute Gasteiger partial charge is 0.496 e. The number of carbonyl (C=O) groups excluding carboxylic acids is 2. The third-order valence-corrected chi connectivity index (χ3v) is 5.55. The van der Waals surface area contributed by atoms with E-state index in [9.17, 15) is 9.59 Å². The van der Waals surface area contributed by atoms with Crippen molar-refractivity contribution >= 4 is 23.6 Å². The molecule has 1 aromatic rings. The lowest BCUT2D eigenvalue weighted by molar-refractivity contribution is -0.130. The molecule has 0 bridgehead atoms. The maximum atomic E-state index is 12.5. The maximum absolute atomic E-state index is 12.5. The quantitative estimate of drug-likeness (QED) is 0.867. The van der Waals surface area contributed by atoms with E-state index in [-0.39, 0.29) is 22.4 Å². The first-order chi connectivity index (χ1) is 11.1. The van der Waals surface area contributed by atoms with Gasteiger partial charge in [-0.2, -0.15) is 0 Å². The Morgan fingerprint density at radius 2 is 2.13 bits per heavy atom. The standard InChI is InChI=1S/C17H22N2O3S/c1-11-16(21)19(10-9-15(20)18-12-7-8-12)17(23-11)13-5-3-4-6-14(13)22-2/h3-6,11-12,17H,7-10H2,1-2H3,(H,18,20)/t11-,17+/m1/s1. The van der Waals surface area contributed by atoms with Crippen LogP contribution in [0.3, 0.4) is 0 Å². The van der Waals surface area contributed by atoms with Crippen molar-refractivity contribution in [2.24, 2.45) is 0 Å². The van der Waals surface area contributed by atoms with Gasteiger partial charge in [0.05, 0.1) is 12.4 Å². The zero-order valence-electron chi connectivity index (χ0n) is 13.5. The number of nitrogens with zero attached hydrogens (tertiary/aromatic N) is 1. The summed E-state index contributed by atoms with van der Waals surface area (Å²) in [6.45, 7) is 2.36. The fourth-order valence-corrected chi connectivity index (χ4v) is 4.10. The van der Waals surface area contributed by atoms with Crippen LogP contribution in [0, 0.1) is 0 Å². The van der Waals surface area contributed by atoms with Crippen LogP contribution in [0.1, 0.15) is 37.1 Å². The molecule has 0 unspecified atom stereocenters. The van der Waals surface area contributed by atoms with Crippen molar-refractivity contribution in [2.75, 3.05) is 13.7 Å². The molecule has 0 aromatic heterocycles. The van der Waals surface area contributed by atoms with Crippen LogP contribution in [0.25, 0.3) is 0 Å². The van der Waals surface area contributed by atoms with Gasteiger partial charge in [0.2, 0.25) is 11.8 Å². The molecule has 23 heavy (non-hydrogen) atoms. The van der Waals surface area contributed by atoms with E-state index in [0.29, 0.717) is 19.0 Å². The predicted octanol–water partition coefficient (Wildman–Crippen LogP) is 2.33. The SMILES string of the molecule is COc1ccccc1[C@@H]1S[C@H](C)C(=O)N1CCC(=O)NC1CC1. The Balaban J connectivity index is 1.72. The van der Waals surface area contributed by atoms with Crippen molar-refractivity contribution in [3.63, 3.8) is 0 Å². The summed E-state index contributed by atoms with van der Waals surface area (Å²) in [5.74, 6) is 0.896. The third-order valence-electron chi connectivity index (χ3n) is 4.17. The number of amides is 2. The van der Waals surface area contributed by atoms with Gasteiger partial charge < -0.3 is 15.0 Å². The average molecular weight is 334 g/mol. The molecule has 0 spiro atoms. The van der Waals surface area contributed by atoms with Gasteiger partial charge in [-0.15, -0.1) is 11.8 Å². The Kier molecular flexibility index (Phi) is 4.80. The van der Waals surface area contributed by atoms with Crippen LogP contribution in [0.15, 0.2) is 24.3 Å². The average Bonchev–Trinajstić information content (AvgIpc) is 3.32. The lowest BCUT2D eigenvalue weighted by Crippen LogP contribution is -2.35. The van der Waals surface area contributed by atoms with Gasteiger partial charge in [-0.3, -0.25) is 9.59 Å². The number of methoxy groups -OCH3 is 1. The van der Waals surface area contributed by atoms with Gasteiger partial charge in [0.15, 0.2) is 0 Å². The van der Waals surface area contributed by atoms with Crippen LogP contribution in [0.4, 0.5) is 0 Å². The lowest BCUT2D eigenvalue weighted by atomic mass is 10.1. The normalized spacial score (nSPS) is 23.9. The molecule has 1 aliphatic carbocycles. The van der Waals surface area contributed by atoms with E-state index < -0.39 is 0 Å². The molecule has 1 saturated carbocycles. The number of carbonyl (C=O) groups is 2. The van der Waals surface area contributed by atoms with Crippen molar-refractivity contribution < 1.29 is 14.3 Å². The molecule has 2 aliphatic rings. The van der Waals surface area contributed by atoms with E-state index in [4.69, 9.17) is 4.74 Å². The molecule has 1 saturated heterocycles. The number of hydrogen-bond donors (Lipinski definition) is 1. The fraction of sp³-hybridized carbons (Fsp3) is 0.529. The van der Waals surface area contributed by atoms with Crippen molar-refractivity contribution in [3.8, 4) is 5.75 Å². The topological polar surface area (TPSA) is 58.6 Å². The monoisotopic (exact) mass is 334 g/mol. The molecule has 1 N–H and O–H groups in total. The van der Waals surface area contributed by atoms with Gasteiger partial charge in [0.1, 0.15) is 11.1 Å². The molecule has 6 heteroatoms. The second kappa shape index (κ2) is 6.83. The summed E-state index contributed by atoms with van der Waals surface area (Å²) in [6, 6.07) is 8.11. The Morgan fingerprint density at radius 1 is 1.39 bits per heavy atom. The summed E-state index contributed by atoms with van der Waals surface area (Å²) < 4.78 is 5.43. The number of thioether (sulfide) groups is 1. The van der Waals surface area contributed by atoms with Crippen molar-refractivity contribution in [1.82, 2.24) is 10.2 Å². The Bertz CT molecular complexity index is 603. The molecule has 2 fully saturated rings. The molecule has 1 heterocycles. The van der Waals surface area contributed by atoms with Crippen LogP contribution in [0.5, 0.6) is 5.75 Å². The van der Waals surface area contributed by atoms with Gasteiger partial charge >= 0.3 is 0 Å². The highest BCUT2D eigenvalue weighted by Crippen LogP contribution is 2.45. The molecular formula is C17H22N2O3S. The number of benzene rings is 1. The molecule has 5 nitrogen and oxygen atoms in total. The van der Waals surface area contributed by atoms with Crippen molar-refractivity contribution in [2.45, 2.75) is 42.9 Å². The highest BCUT2D eigenvalue weighted by atomic mass is 32.2. The lowest BCUT2D eigenvalue weighted by Gasteiger charge is -2.25. The molecule has 0 radical (unpaired) electrons. The summed E-state index contributed by atoms with van der Waals surface area (Å²) in [5.41, 5.74) is 0.986. The minimum atomic E-state index is -0.101. The van der Waals surface area contributed by atoms with Crippen LogP contribution in [0.2, 0.25) is 0 Å². The maximum Gasteiger partial charge on any atom is 0.236 e. The Labute approximate surface area is 140 Å². The van der Waals surface area contributed by atoms with Crippen molar-refractivity contribution in [1.29, 1.82) is 0 Å². The summed E-state index contributed by atoms with van der Waals surface area (Å²) in [7, 11) is 1.64. The van der Waals surface area contributed by atoms with E-state index in [0.717, 1.165) is 24.2 Å². The molecule has 1 aliphatic heterocycles. The van der Waals surface area contributed by atoms with Crippen LogP contribution in [-0.4, -0.2) is 41.7 Å². The zero-order chi connectivity index (χ0) is 16.4. The van der Waals surface area contributed by atoms with Gasteiger partial charge in [-0.25, -0.2) is 0 Å². The molecule has 3 rings (SSSR count). The van der Waals surface area contributed by atoms with Crippen LogP contribution < -0.4 is 10.1 Å². The fourth-order valence-electron chi connectivity index (χ4n) is 2.76. The first-order valence-corrected chi connectivity index (χ1v) is 8.92. The van der Waals surface area contributed by atoms with E-state index >= 15 is 0 Å². The predicted molar refractivity (Wildman–Crippen MR) is 90.3 cm³/mol. The summed E-state index contributed by atoms with van der Waals surface area (Å²) in [4.78, 5) is 26.2. The van der Waals surface area contributed by atoms with Crippen molar-refractivity contribution in [3.05, 3.63) is 29.8 Å².